The van der Waals surface area contributed by atoms with Crippen LogP contribution in [-0.4, -0.2) is 36.0 Å². The van der Waals surface area contributed by atoms with Crippen LogP contribution in [0.25, 0.3) is 0 Å². The minimum absolute atomic E-state index is 0.233. The van der Waals surface area contributed by atoms with E-state index >= 15 is 0 Å². The first-order chi connectivity index (χ1) is 7.87. The van der Waals surface area contributed by atoms with Crippen LogP contribution in [-0.2, 0) is 0 Å². The van der Waals surface area contributed by atoms with Crippen LogP contribution in [0.1, 0.15) is 39.0 Å². The highest BCUT2D eigenvalue weighted by molar-refractivity contribution is 7.80. The second-order valence-corrected chi connectivity index (χ2v) is 5.97. The third kappa shape index (κ3) is 7.19. The zero-order chi connectivity index (χ0) is 12.9. The van der Waals surface area contributed by atoms with Gasteiger partial charge in [-0.25, -0.2) is 0 Å². The van der Waals surface area contributed by atoms with Gasteiger partial charge < -0.3 is 4.90 Å². The Balaban J connectivity index is 2.11. The number of hydrogen-bond acceptors (Lipinski definition) is 2. The first-order valence-electron chi connectivity index (χ1n) is 6.34. The highest BCUT2D eigenvalue weighted by Crippen LogP contribution is 2.25. The van der Waals surface area contributed by atoms with Crippen molar-refractivity contribution in [2.45, 2.75) is 50.5 Å². The van der Waals surface area contributed by atoms with E-state index in [9.17, 15) is 13.2 Å². The number of piperidine rings is 1. The standard InChI is InChI=1S/C12H22F3NS/c1-10(17)9-11-3-7-16(8-4-11)6-2-5-12(13,14)15/h10-11,17H,2-9H2,1H3. The van der Waals surface area contributed by atoms with Crippen LogP contribution >= 0.6 is 12.6 Å². The van der Waals surface area contributed by atoms with E-state index in [1.807, 2.05) is 0 Å². The fourth-order valence-electron chi connectivity index (χ4n) is 2.43. The van der Waals surface area contributed by atoms with Crippen molar-refractivity contribution in [1.29, 1.82) is 0 Å². The second kappa shape index (κ2) is 6.88. The smallest absolute Gasteiger partial charge is 0.303 e. The van der Waals surface area contributed by atoms with Crippen LogP contribution in [0.5, 0.6) is 0 Å². The van der Waals surface area contributed by atoms with Crippen molar-refractivity contribution in [1.82, 2.24) is 4.90 Å². The molecule has 1 nitrogen and oxygen atoms in total. The van der Waals surface area contributed by atoms with Crippen molar-refractivity contribution < 1.29 is 13.2 Å². The molecule has 1 aliphatic rings. The summed E-state index contributed by atoms with van der Waals surface area (Å²) < 4.78 is 36.0. The van der Waals surface area contributed by atoms with E-state index in [4.69, 9.17) is 0 Å². The Morgan fingerprint density at radius 2 is 1.88 bits per heavy atom. The maximum Gasteiger partial charge on any atom is 0.389 e. The molecule has 0 N–H and O–H groups in total. The SMILES string of the molecule is CC(S)CC1CCN(CCCC(F)(F)F)CC1. The molecule has 0 radical (unpaired) electrons. The molecule has 1 rings (SSSR count). The Bertz CT molecular complexity index is 210. The van der Waals surface area contributed by atoms with Crippen LogP contribution in [0.15, 0.2) is 0 Å². The van der Waals surface area contributed by atoms with Crippen LogP contribution < -0.4 is 0 Å². The molecule has 0 bridgehead atoms. The van der Waals surface area contributed by atoms with Crippen LogP contribution in [0.3, 0.4) is 0 Å². The average molecular weight is 269 g/mol. The molecule has 1 fully saturated rings. The number of thiol groups is 1. The first-order valence-corrected chi connectivity index (χ1v) is 6.85. The Kier molecular flexibility index (Phi) is 6.13. The summed E-state index contributed by atoms with van der Waals surface area (Å²) in [4.78, 5) is 2.16. The zero-order valence-electron chi connectivity index (χ0n) is 10.3. The van der Waals surface area contributed by atoms with Crippen LogP contribution in [0.4, 0.5) is 13.2 Å². The summed E-state index contributed by atoms with van der Waals surface area (Å²) in [5.74, 6) is 0.710. The van der Waals surface area contributed by atoms with Gasteiger partial charge in [-0.3, -0.25) is 0 Å². The Labute approximate surface area is 107 Å². The number of likely N-dealkylation sites (tertiary alicyclic amines) is 1. The van der Waals surface area contributed by atoms with E-state index in [1.54, 1.807) is 0 Å². The molecule has 0 aromatic heterocycles. The summed E-state index contributed by atoms with van der Waals surface area (Å²) in [6.45, 7) is 4.58. The Hall–Kier alpha value is 0.100. The number of hydrogen-bond donors (Lipinski definition) is 1. The molecule has 1 atom stereocenters. The molecule has 0 aliphatic carbocycles. The lowest BCUT2D eigenvalue weighted by Gasteiger charge is -2.32. The van der Waals surface area contributed by atoms with E-state index in [0.717, 1.165) is 32.4 Å². The Morgan fingerprint density at radius 3 is 2.35 bits per heavy atom. The van der Waals surface area contributed by atoms with E-state index in [1.165, 1.54) is 0 Å². The lowest BCUT2D eigenvalue weighted by Crippen LogP contribution is -2.35. The average Bonchev–Trinajstić information content (AvgIpc) is 2.18. The summed E-state index contributed by atoms with van der Waals surface area (Å²) in [6, 6.07) is 0. The van der Waals surface area contributed by atoms with Crippen molar-refractivity contribution in [2.24, 2.45) is 5.92 Å². The molecule has 0 saturated carbocycles. The van der Waals surface area contributed by atoms with Crippen LogP contribution in [0.2, 0.25) is 0 Å². The summed E-state index contributed by atoms with van der Waals surface area (Å²) in [7, 11) is 0. The molecule has 0 amide bonds. The number of alkyl halides is 3. The second-order valence-electron chi connectivity index (χ2n) is 5.09. The fraction of sp³-hybridized carbons (Fsp3) is 1.00. The van der Waals surface area contributed by atoms with Gasteiger partial charge in [-0.15, -0.1) is 0 Å². The normalized spacial score (nSPS) is 21.7. The largest absolute Gasteiger partial charge is 0.389 e. The third-order valence-corrected chi connectivity index (χ3v) is 3.53. The summed E-state index contributed by atoms with van der Waals surface area (Å²) in [5.41, 5.74) is 0. The van der Waals surface area contributed by atoms with Gasteiger partial charge in [0.2, 0.25) is 0 Å². The predicted molar refractivity (Wildman–Crippen MR) is 67.5 cm³/mol. The van der Waals surface area contributed by atoms with Crippen LogP contribution in [0, 0.1) is 5.92 Å². The summed E-state index contributed by atoms with van der Waals surface area (Å²) in [6.07, 6.45) is -1.08. The predicted octanol–water partition coefficient (Wildman–Crippen LogP) is 3.75. The molecule has 1 unspecified atom stereocenters. The van der Waals surface area contributed by atoms with Gasteiger partial charge in [-0.05, 0) is 56.5 Å². The third-order valence-electron chi connectivity index (χ3n) is 3.32. The monoisotopic (exact) mass is 269 g/mol. The minimum Gasteiger partial charge on any atom is -0.303 e. The quantitative estimate of drug-likeness (QED) is 0.744. The van der Waals surface area contributed by atoms with Gasteiger partial charge in [0.25, 0.3) is 0 Å². The van der Waals surface area contributed by atoms with E-state index < -0.39 is 12.6 Å². The molecule has 102 valence electrons. The molecular weight excluding hydrogens is 247 g/mol. The molecule has 1 heterocycles. The van der Waals surface area contributed by atoms with Gasteiger partial charge in [0.05, 0.1) is 0 Å². The van der Waals surface area contributed by atoms with Crippen molar-refractivity contribution >= 4 is 12.6 Å². The van der Waals surface area contributed by atoms with Gasteiger partial charge in [0, 0.05) is 6.42 Å². The van der Waals surface area contributed by atoms with Crippen molar-refractivity contribution in [3.63, 3.8) is 0 Å². The highest BCUT2D eigenvalue weighted by atomic mass is 32.1. The molecule has 1 aliphatic heterocycles. The first kappa shape index (κ1) is 15.2. The molecule has 5 heteroatoms. The number of halogens is 3. The summed E-state index contributed by atoms with van der Waals surface area (Å²) >= 11 is 4.38. The maximum absolute atomic E-state index is 12.0. The lowest BCUT2D eigenvalue weighted by atomic mass is 9.92. The molecule has 1 saturated heterocycles. The fourth-order valence-corrected chi connectivity index (χ4v) is 2.73. The van der Waals surface area contributed by atoms with Crippen molar-refractivity contribution in [3.05, 3.63) is 0 Å². The van der Waals surface area contributed by atoms with Gasteiger partial charge in [-0.2, -0.15) is 25.8 Å². The molecule has 0 aromatic rings. The highest BCUT2D eigenvalue weighted by Gasteiger charge is 2.27. The zero-order valence-corrected chi connectivity index (χ0v) is 11.2. The molecule has 0 aromatic carbocycles. The van der Waals surface area contributed by atoms with Crippen molar-refractivity contribution in [2.75, 3.05) is 19.6 Å². The van der Waals surface area contributed by atoms with E-state index in [2.05, 4.69) is 24.5 Å². The Morgan fingerprint density at radius 1 is 1.29 bits per heavy atom. The lowest BCUT2D eigenvalue weighted by molar-refractivity contribution is -0.136. The van der Waals surface area contributed by atoms with Gasteiger partial charge in [0.15, 0.2) is 0 Å². The number of rotatable bonds is 5. The van der Waals surface area contributed by atoms with Gasteiger partial charge in [-0.1, -0.05) is 6.92 Å². The van der Waals surface area contributed by atoms with E-state index in [-0.39, 0.29) is 6.42 Å². The molecular formula is C12H22F3NS. The van der Waals surface area contributed by atoms with E-state index in [0.29, 0.717) is 17.7 Å². The molecule has 17 heavy (non-hydrogen) atoms. The van der Waals surface area contributed by atoms with Gasteiger partial charge >= 0.3 is 6.18 Å². The maximum atomic E-state index is 12.0. The minimum atomic E-state index is -4.00. The summed E-state index contributed by atoms with van der Waals surface area (Å²) in [5, 5.41) is 0.428. The van der Waals surface area contributed by atoms with Crippen molar-refractivity contribution in [3.8, 4) is 0 Å². The topological polar surface area (TPSA) is 3.24 Å². The van der Waals surface area contributed by atoms with Gasteiger partial charge in [0.1, 0.15) is 0 Å². The number of nitrogens with zero attached hydrogens (tertiary/aromatic N) is 1. The molecule has 0 spiro atoms.